The van der Waals surface area contributed by atoms with Gasteiger partial charge in [-0.1, -0.05) is 20.3 Å². The first kappa shape index (κ1) is 16.7. The van der Waals surface area contributed by atoms with Gasteiger partial charge < -0.3 is 20.8 Å². The fourth-order valence-corrected chi connectivity index (χ4v) is 1.62. The molecular formula is C12H24N2O4. The van der Waals surface area contributed by atoms with E-state index >= 15 is 0 Å². The number of aliphatic carboxylic acids is 1. The van der Waals surface area contributed by atoms with E-state index in [1.807, 2.05) is 6.92 Å². The molecule has 0 aliphatic heterocycles. The molecule has 4 unspecified atom stereocenters. The minimum absolute atomic E-state index is 0.0385. The second kappa shape index (κ2) is 7.92. The minimum Gasteiger partial charge on any atom is -0.480 e. The van der Waals surface area contributed by atoms with Crippen molar-refractivity contribution in [3.05, 3.63) is 0 Å². The molecule has 6 nitrogen and oxygen atoms in total. The average Bonchev–Trinajstić information content (AvgIpc) is 2.24. The number of amides is 2. The Hall–Kier alpha value is -1.30. The molecule has 0 fully saturated rings. The molecule has 6 heteroatoms. The molecule has 0 saturated heterocycles. The van der Waals surface area contributed by atoms with E-state index in [1.165, 1.54) is 6.92 Å². The highest BCUT2D eigenvalue weighted by Gasteiger charge is 2.25. The van der Waals surface area contributed by atoms with Gasteiger partial charge in [0.1, 0.15) is 0 Å². The van der Waals surface area contributed by atoms with Crippen molar-refractivity contribution in [3.8, 4) is 0 Å². The highest BCUT2D eigenvalue weighted by molar-refractivity contribution is 5.83. The van der Waals surface area contributed by atoms with Crippen molar-refractivity contribution < 1.29 is 19.8 Å². The van der Waals surface area contributed by atoms with E-state index in [4.69, 9.17) is 5.11 Å². The maximum Gasteiger partial charge on any atom is 0.328 e. The third kappa shape index (κ3) is 6.44. The molecule has 106 valence electrons. The molecule has 0 aromatic carbocycles. The third-order valence-electron chi connectivity index (χ3n) is 2.87. The maximum absolute atomic E-state index is 11.5. The Morgan fingerprint density at radius 1 is 1.17 bits per heavy atom. The van der Waals surface area contributed by atoms with Crippen molar-refractivity contribution in [3.63, 3.8) is 0 Å². The number of hydrogen-bond acceptors (Lipinski definition) is 3. The first-order valence-corrected chi connectivity index (χ1v) is 6.25. The summed E-state index contributed by atoms with van der Waals surface area (Å²) in [5, 5.41) is 22.9. The topological polar surface area (TPSA) is 98.7 Å². The van der Waals surface area contributed by atoms with Gasteiger partial charge in [0, 0.05) is 6.04 Å². The van der Waals surface area contributed by atoms with E-state index in [2.05, 4.69) is 24.5 Å². The van der Waals surface area contributed by atoms with Crippen molar-refractivity contribution in [2.45, 2.75) is 58.7 Å². The van der Waals surface area contributed by atoms with Gasteiger partial charge in [0.25, 0.3) is 0 Å². The predicted octanol–water partition coefficient (Wildman–Crippen LogP) is 0.944. The molecule has 0 aliphatic carbocycles. The van der Waals surface area contributed by atoms with Crippen molar-refractivity contribution >= 4 is 12.0 Å². The lowest BCUT2D eigenvalue weighted by molar-refractivity contribution is -0.141. The summed E-state index contributed by atoms with van der Waals surface area (Å²) >= 11 is 0. The number of aliphatic hydroxyl groups excluding tert-OH is 1. The molecular weight excluding hydrogens is 236 g/mol. The number of carboxylic acids is 1. The summed E-state index contributed by atoms with van der Waals surface area (Å²) in [5.74, 6) is -0.762. The van der Waals surface area contributed by atoms with Gasteiger partial charge in [-0.25, -0.2) is 9.59 Å². The molecule has 0 radical (unpaired) electrons. The molecule has 0 aromatic heterocycles. The smallest absolute Gasteiger partial charge is 0.328 e. The monoisotopic (exact) mass is 260 g/mol. The fraction of sp³-hybridized carbons (Fsp3) is 0.833. The highest BCUT2D eigenvalue weighted by Crippen LogP contribution is 2.09. The summed E-state index contributed by atoms with van der Waals surface area (Å²) in [6, 6.07) is -1.90. The normalized spacial score (nSPS) is 17.4. The van der Waals surface area contributed by atoms with E-state index in [0.29, 0.717) is 5.92 Å². The lowest BCUT2D eigenvalue weighted by Crippen LogP contribution is -2.52. The molecule has 0 bridgehead atoms. The van der Waals surface area contributed by atoms with Crippen LogP contribution in [0.15, 0.2) is 0 Å². The van der Waals surface area contributed by atoms with Crippen molar-refractivity contribution in [1.82, 2.24) is 10.6 Å². The Morgan fingerprint density at radius 3 is 2.11 bits per heavy atom. The van der Waals surface area contributed by atoms with Gasteiger partial charge in [-0.05, 0) is 26.2 Å². The van der Waals surface area contributed by atoms with Crippen LogP contribution in [0.1, 0.15) is 40.5 Å². The number of carboxylic acid groups (broad SMARTS) is 1. The Balaban J connectivity index is 4.20. The zero-order valence-corrected chi connectivity index (χ0v) is 11.4. The molecule has 18 heavy (non-hydrogen) atoms. The van der Waals surface area contributed by atoms with Gasteiger partial charge >= 0.3 is 12.0 Å². The van der Waals surface area contributed by atoms with E-state index < -0.39 is 24.1 Å². The Labute approximate surface area is 108 Å². The molecule has 0 spiro atoms. The number of rotatable bonds is 7. The summed E-state index contributed by atoms with van der Waals surface area (Å²) in [6.07, 6.45) is 0.716. The van der Waals surface area contributed by atoms with Crippen LogP contribution < -0.4 is 10.6 Å². The largest absolute Gasteiger partial charge is 0.480 e. The number of nitrogens with one attached hydrogen (secondary N) is 2. The van der Waals surface area contributed by atoms with Gasteiger partial charge in [0.05, 0.1) is 6.10 Å². The summed E-state index contributed by atoms with van der Waals surface area (Å²) in [4.78, 5) is 22.3. The lowest BCUT2D eigenvalue weighted by Gasteiger charge is -2.21. The molecule has 0 saturated carbocycles. The number of hydrogen-bond donors (Lipinski definition) is 4. The van der Waals surface area contributed by atoms with Crippen LogP contribution in [0.4, 0.5) is 4.79 Å². The highest BCUT2D eigenvalue weighted by atomic mass is 16.4. The van der Waals surface area contributed by atoms with E-state index in [9.17, 15) is 14.7 Å². The Kier molecular flexibility index (Phi) is 7.35. The first-order chi connectivity index (χ1) is 8.27. The Bertz CT molecular complexity index is 281. The number of urea groups is 1. The number of carbonyl (C=O) groups is 2. The summed E-state index contributed by atoms with van der Waals surface area (Å²) in [5.41, 5.74) is 0. The van der Waals surface area contributed by atoms with Crippen LogP contribution >= 0.6 is 0 Å². The molecule has 4 atom stereocenters. The van der Waals surface area contributed by atoms with Gasteiger partial charge in [0.15, 0.2) is 6.04 Å². The second-order valence-electron chi connectivity index (χ2n) is 4.82. The van der Waals surface area contributed by atoms with Crippen molar-refractivity contribution in [2.24, 2.45) is 5.92 Å². The summed E-state index contributed by atoms with van der Waals surface area (Å²) in [7, 11) is 0. The van der Waals surface area contributed by atoms with Gasteiger partial charge in [-0.3, -0.25) is 0 Å². The standard InChI is InChI=1S/C12H24N2O4/c1-5-7(2)6-8(3)13-12(18)14-10(9(4)15)11(16)17/h7-10,15H,5-6H2,1-4H3,(H,16,17)(H2,13,14,18). The van der Waals surface area contributed by atoms with E-state index in [-0.39, 0.29) is 6.04 Å². The van der Waals surface area contributed by atoms with Crippen LogP contribution in [0.25, 0.3) is 0 Å². The van der Waals surface area contributed by atoms with Gasteiger partial charge in [0.2, 0.25) is 0 Å². The zero-order valence-electron chi connectivity index (χ0n) is 11.4. The zero-order chi connectivity index (χ0) is 14.3. The van der Waals surface area contributed by atoms with Crippen LogP contribution in [-0.2, 0) is 4.79 Å². The molecule has 2 amide bonds. The SMILES string of the molecule is CCC(C)CC(C)NC(=O)NC(C(=O)O)C(C)O. The van der Waals surface area contributed by atoms with Gasteiger partial charge in [-0.15, -0.1) is 0 Å². The van der Waals surface area contributed by atoms with Crippen LogP contribution in [0, 0.1) is 5.92 Å². The maximum atomic E-state index is 11.5. The third-order valence-corrected chi connectivity index (χ3v) is 2.87. The summed E-state index contributed by atoms with van der Waals surface area (Å²) in [6.45, 7) is 7.35. The van der Waals surface area contributed by atoms with Crippen molar-refractivity contribution in [1.29, 1.82) is 0 Å². The molecule has 4 N–H and O–H groups in total. The molecule has 0 rings (SSSR count). The predicted molar refractivity (Wildman–Crippen MR) is 68.3 cm³/mol. The molecule has 0 aromatic rings. The van der Waals surface area contributed by atoms with Crippen LogP contribution in [0.2, 0.25) is 0 Å². The van der Waals surface area contributed by atoms with E-state index in [1.54, 1.807) is 0 Å². The minimum atomic E-state index is -1.29. The number of aliphatic hydroxyl groups is 1. The second-order valence-corrected chi connectivity index (χ2v) is 4.82. The fourth-order valence-electron chi connectivity index (χ4n) is 1.62. The average molecular weight is 260 g/mol. The van der Waals surface area contributed by atoms with Gasteiger partial charge in [-0.2, -0.15) is 0 Å². The van der Waals surface area contributed by atoms with Crippen LogP contribution in [-0.4, -0.2) is 40.4 Å². The number of carbonyl (C=O) groups excluding carboxylic acids is 1. The van der Waals surface area contributed by atoms with E-state index in [0.717, 1.165) is 12.8 Å². The molecule has 0 heterocycles. The van der Waals surface area contributed by atoms with Crippen LogP contribution in [0.3, 0.4) is 0 Å². The quantitative estimate of drug-likeness (QED) is 0.547. The van der Waals surface area contributed by atoms with Crippen LogP contribution in [0.5, 0.6) is 0 Å². The van der Waals surface area contributed by atoms with Crippen molar-refractivity contribution in [2.75, 3.05) is 0 Å². The summed E-state index contributed by atoms with van der Waals surface area (Å²) < 4.78 is 0. The first-order valence-electron chi connectivity index (χ1n) is 6.25. The molecule has 0 aliphatic rings. The lowest BCUT2D eigenvalue weighted by atomic mass is 10.0. The Morgan fingerprint density at radius 2 is 1.72 bits per heavy atom.